The number of aromatic amines is 1. The van der Waals surface area contributed by atoms with Crippen LogP contribution in [0.15, 0.2) is 11.1 Å². The molecule has 0 aliphatic carbocycles. The fraction of sp³-hybridized carbons (Fsp3) is 0.625. The van der Waals surface area contributed by atoms with Crippen LogP contribution in [0.1, 0.15) is 18.5 Å². The molecule has 4 atom stereocenters. The van der Waals surface area contributed by atoms with Gasteiger partial charge in [0.25, 0.3) is 5.56 Å². The fourth-order valence-corrected chi connectivity index (χ4v) is 4.09. The molecule has 2 aromatic rings. The first kappa shape index (κ1) is 18.3. The quantitative estimate of drug-likeness (QED) is 0.757. The van der Waals surface area contributed by atoms with Crippen molar-refractivity contribution < 1.29 is 14.6 Å². The second kappa shape index (κ2) is 6.68. The Morgan fingerprint density at radius 3 is 2.88 bits per heavy atom. The Labute approximate surface area is 146 Å². The first-order valence-corrected chi connectivity index (χ1v) is 11.2. The molecule has 25 heavy (non-hydrogen) atoms. The van der Waals surface area contributed by atoms with Gasteiger partial charge in [-0.15, -0.1) is 13.2 Å². The van der Waals surface area contributed by atoms with Crippen LogP contribution in [0.4, 0.5) is 0 Å². The monoisotopic (exact) mass is 368 g/mol. The number of aliphatic hydroxyl groups is 1. The van der Waals surface area contributed by atoms with Gasteiger partial charge in [-0.3, -0.25) is 9.36 Å². The minimum absolute atomic E-state index is 0.242. The van der Waals surface area contributed by atoms with Crippen LogP contribution in [0.5, 0.6) is 0 Å². The number of hydrogen-bond acceptors (Lipinski definition) is 6. The summed E-state index contributed by atoms with van der Waals surface area (Å²) >= 11 is 0. The lowest BCUT2D eigenvalue weighted by molar-refractivity contribution is -0.0496. The largest absolute Gasteiger partial charge is 0.388 e. The number of hydrogen-bond donors (Lipinski definition) is 2. The van der Waals surface area contributed by atoms with Crippen LogP contribution in [0, 0.1) is 6.92 Å². The lowest BCUT2D eigenvalue weighted by Gasteiger charge is -2.20. The third-order valence-electron chi connectivity index (χ3n) is 4.43. The predicted octanol–water partition coefficient (Wildman–Crippen LogP) is 0.801. The summed E-state index contributed by atoms with van der Waals surface area (Å²) in [6.45, 7) is 4.80. The van der Waals surface area contributed by atoms with Crippen LogP contribution >= 0.6 is 6.89 Å². The van der Waals surface area contributed by atoms with Gasteiger partial charge < -0.3 is 19.6 Å². The molecular weight excluding hydrogens is 343 g/mol. The number of aliphatic hydroxyl groups excluding tert-OH is 1. The lowest BCUT2D eigenvalue weighted by atomic mass is 10.1. The van der Waals surface area contributed by atoms with Gasteiger partial charge in [-0.1, -0.05) is 0 Å². The van der Waals surface area contributed by atoms with Crippen molar-refractivity contribution in [2.45, 2.75) is 37.9 Å². The van der Waals surface area contributed by atoms with E-state index < -0.39 is 25.3 Å². The number of H-pyrrole nitrogens is 1. The fourth-order valence-electron chi connectivity index (χ4n) is 3.13. The minimum Gasteiger partial charge on any atom is -0.388 e. The highest BCUT2D eigenvalue weighted by atomic mass is 31.2. The van der Waals surface area contributed by atoms with E-state index in [1.54, 1.807) is 11.5 Å². The summed E-state index contributed by atoms with van der Waals surface area (Å²) in [6, 6.07) is 0. The number of imidazole rings is 1. The van der Waals surface area contributed by atoms with Crippen LogP contribution in [-0.4, -0.2) is 75.8 Å². The van der Waals surface area contributed by atoms with E-state index in [1.165, 1.54) is 13.4 Å². The molecule has 0 spiro atoms. The molecule has 1 aliphatic rings. The summed E-state index contributed by atoms with van der Waals surface area (Å²) in [6.07, 6.45) is 5.08. The molecule has 1 saturated heterocycles. The van der Waals surface area contributed by atoms with Crippen molar-refractivity contribution in [3.63, 3.8) is 0 Å². The van der Waals surface area contributed by atoms with Gasteiger partial charge in [-0.05, 0) is 32.8 Å². The number of aromatic nitrogens is 4. The number of nitrogens with one attached hydrogen (secondary N) is 1. The van der Waals surface area contributed by atoms with Gasteiger partial charge in [0, 0.05) is 7.11 Å². The molecule has 0 saturated carbocycles. The Morgan fingerprint density at radius 2 is 2.24 bits per heavy atom. The highest BCUT2D eigenvalue weighted by molar-refractivity contribution is 7.72. The molecule has 0 bridgehead atoms. The van der Waals surface area contributed by atoms with E-state index in [0.717, 1.165) is 6.16 Å². The summed E-state index contributed by atoms with van der Waals surface area (Å²) in [5, 5.41) is 10.6. The van der Waals surface area contributed by atoms with E-state index >= 15 is 0 Å². The third-order valence-corrected chi connectivity index (χ3v) is 5.90. The highest BCUT2D eigenvalue weighted by Gasteiger charge is 2.45. The molecule has 9 heteroatoms. The Kier molecular flexibility index (Phi) is 4.90. The van der Waals surface area contributed by atoms with Crippen molar-refractivity contribution in [2.75, 3.05) is 26.6 Å². The maximum atomic E-state index is 12.0. The third kappa shape index (κ3) is 3.58. The minimum atomic E-state index is -1.21. The SMILES string of the molecule is C=P(C)(C)CC[C@H]1O[C@@H](n2cnc3c(=O)[nH]c(C)nc32)[C@H](OC)[C@@H]1O. The zero-order chi connectivity index (χ0) is 18.4. The van der Waals surface area contributed by atoms with Crippen LogP contribution in [0.3, 0.4) is 0 Å². The number of aryl methyl sites for hydroxylation is 1. The molecule has 0 radical (unpaired) electrons. The molecule has 2 N–H and O–H groups in total. The summed E-state index contributed by atoms with van der Waals surface area (Å²) < 4.78 is 13.2. The number of fused-ring (bicyclic) bond motifs is 1. The predicted molar refractivity (Wildman–Crippen MR) is 99.0 cm³/mol. The van der Waals surface area contributed by atoms with Crippen molar-refractivity contribution in [1.82, 2.24) is 19.5 Å². The van der Waals surface area contributed by atoms with Crippen molar-refractivity contribution >= 4 is 24.3 Å². The average molecular weight is 368 g/mol. The smallest absolute Gasteiger partial charge is 0.279 e. The first-order valence-electron chi connectivity index (χ1n) is 8.18. The van der Waals surface area contributed by atoms with E-state index in [2.05, 4.69) is 34.6 Å². The first-order chi connectivity index (χ1) is 11.7. The van der Waals surface area contributed by atoms with E-state index in [1.807, 2.05) is 0 Å². The Hall–Kier alpha value is -1.47. The molecule has 3 rings (SSSR count). The van der Waals surface area contributed by atoms with Gasteiger partial charge in [0.05, 0.1) is 12.4 Å². The average Bonchev–Trinajstić information content (AvgIpc) is 3.05. The molecule has 8 nitrogen and oxygen atoms in total. The molecule has 1 fully saturated rings. The molecule has 138 valence electrons. The Morgan fingerprint density at radius 1 is 1.52 bits per heavy atom. The summed E-state index contributed by atoms with van der Waals surface area (Å²) in [4.78, 5) is 23.2. The van der Waals surface area contributed by atoms with Crippen molar-refractivity contribution in [2.24, 2.45) is 0 Å². The number of ether oxygens (including phenoxy) is 2. The molecule has 0 aromatic carbocycles. The van der Waals surface area contributed by atoms with Gasteiger partial charge >= 0.3 is 0 Å². The van der Waals surface area contributed by atoms with Gasteiger partial charge in [-0.2, -0.15) is 0 Å². The molecule has 2 aromatic heterocycles. The lowest BCUT2D eigenvalue weighted by Crippen LogP contribution is -2.33. The molecule has 1 aliphatic heterocycles. The van der Waals surface area contributed by atoms with E-state index in [-0.39, 0.29) is 17.2 Å². The van der Waals surface area contributed by atoms with Gasteiger partial charge in [-0.25, -0.2) is 9.97 Å². The van der Waals surface area contributed by atoms with Crippen molar-refractivity contribution in [1.29, 1.82) is 0 Å². The van der Waals surface area contributed by atoms with Crippen LogP contribution in [0.25, 0.3) is 11.2 Å². The standard InChI is InChI=1S/C16H25N4O4P/c1-9-18-14-11(15(22)19-9)17-8-20(14)16-13(23-2)12(21)10(24-16)6-7-25(3,4)5/h8,10,12-13,16,21H,3,6-7H2,1-2,4-5H3,(H,18,19,22)/t10-,12-,13-,16-/m1/s1. The van der Waals surface area contributed by atoms with Gasteiger partial charge in [0.2, 0.25) is 0 Å². The van der Waals surface area contributed by atoms with Crippen LogP contribution < -0.4 is 5.56 Å². The van der Waals surface area contributed by atoms with Crippen molar-refractivity contribution in [3.05, 3.63) is 22.5 Å². The molecule has 3 heterocycles. The maximum Gasteiger partial charge on any atom is 0.279 e. The van der Waals surface area contributed by atoms with Gasteiger partial charge in [0.15, 0.2) is 17.4 Å². The topological polar surface area (TPSA) is 102 Å². The van der Waals surface area contributed by atoms with Crippen molar-refractivity contribution in [3.8, 4) is 0 Å². The number of methoxy groups -OCH3 is 1. The normalized spacial score (nSPS) is 27.2. The molecule has 0 amide bonds. The molecular formula is C16H25N4O4P. The molecule has 0 unspecified atom stereocenters. The highest BCUT2D eigenvalue weighted by Crippen LogP contribution is 2.40. The Balaban J connectivity index is 1.94. The second-order valence-electron chi connectivity index (χ2n) is 7.18. The van der Waals surface area contributed by atoms with Crippen LogP contribution in [-0.2, 0) is 9.47 Å². The number of rotatable bonds is 5. The summed E-state index contributed by atoms with van der Waals surface area (Å²) in [7, 11) is 1.54. The zero-order valence-electron chi connectivity index (χ0n) is 15.0. The summed E-state index contributed by atoms with van der Waals surface area (Å²) in [5.74, 6) is 0.493. The zero-order valence-corrected chi connectivity index (χ0v) is 15.9. The van der Waals surface area contributed by atoms with E-state index in [0.29, 0.717) is 17.9 Å². The van der Waals surface area contributed by atoms with Crippen LogP contribution in [0.2, 0.25) is 0 Å². The van der Waals surface area contributed by atoms with E-state index in [9.17, 15) is 9.90 Å². The second-order valence-corrected chi connectivity index (χ2v) is 11.5. The van der Waals surface area contributed by atoms with Gasteiger partial charge in [0.1, 0.15) is 18.0 Å². The number of nitrogens with zero attached hydrogens (tertiary/aromatic N) is 3. The summed E-state index contributed by atoms with van der Waals surface area (Å²) in [5.41, 5.74) is 0.367. The maximum absolute atomic E-state index is 12.0. The van der Waals surface area contributed by atoms with E-state index in [4.69, 9.17) is 9.47 Å². The Bertz CT molecular complexity index is 871.